The first-order valence-electron chi connectivity index (χ1n) is 6.74. The fourth-order valence-electron chi connectivity index (χ4n) is 3.17. The third kappa shape index (κ3) is 2.76. The molecule has 1 atom stereocenters. The van der Waals surface area contributed by atoms with Crippen LogP contribution in [0.2, 0.25) is 0 Å². The van der Waals surface area contributed by atoms with Gasteiger partial charge in [0.15, 0.2) is 0 Å². The maximum Gasteiger partial charge on any atom is 0.0589 e. The predicted octanol–water partition coefficient (Wildman–Crippen LogP) is 1.63. The number of hydrogen-bond donors (Lipinski definition) is 1. The average Bonchev–Trinajstić information content (AvgIpc) is 2.32. The van der Waals surface area contributed by atoms with Crippen LogP contribution in [-0.4, -0.2) is 49.8 Å². The van der Waals surface area contributed by atoms with Crippen molar-refractivity contribution in [2.45, 2.75) is 50.6 Å². The maximum absolute atomic E-state index is 5.21. The van der Waals surface area contributed by atoms with Crippen LogP contribution in [0.3, 0.4) is 0 Å². The predicted molar refractivity (Wildman–Crippen MR) is 66.7 cm³/mol. The molecule has 0 aromatic heterocycles. The monoisotopic (exact) mass is 226 g/mol. The van der Waals surface area contributed by atoms with Crippen molar-refractivity contribution in [2.75, 3.05) is 33.4 Å². The molecule has 1 spiro atoms. The summed E-state index contributed by atoms with van der Waals surface area (Å²) in [5.74, 6) is 0. The van der Waals surface area contributed by atoms with Crippen LogP contribution in [0.25, 0.3) is 0 Å². The molecule has 2 aliphatic rings. The van der Waals surface area contributed by atoms with Gasteiger partial charge >= 0.3 is 0 Å². The lowest BCUT2D eigenvalue weighted by Crippen LogP contribution is -2.64. The normalized spacial score (nSPS) is 30.8. The first kappa shape index (κ1) is 12.3. The summed E-state index contributed by atoms with van der Waals surface area (Å²) in [4.78, 5) is 2.60. The first-order valence-corrected chi connectivity index (χ1v) is 6.74. The number of methoxy groups -OCH3 is 1. The van der Waals surface area contributed by atoms with E-state index >= 15 is 0 Å². The van der Waals surface area contributed by atoms with Crippen LogP contribution >= 0.6 is 0 Å². The molecule has 1 aliphatic carbocycles. The van der Waals surface area contributed by atoms with E-state index in [9.17, 15) is 0 Å². The summed E-state index contributed by atoms with van der Waals surface area (Å²) in [6, 6.07) is 0.655. The number of piperazine rings is 1. The van der Waals surface area contributed by atoms with Gasteiger partial charge in [-0.25, -0.2) is 0 Å². The lowest BCUT2D eigenvalue weighted by atomic mass is 9.79. The fourth-order valence-corrected chi connectivity index (χ4v) is 3.17. The van der Waals surface area contributed by atoms with E-state index in [1.54, 1.807) is 7.11 Å². The van der Waals surface area contributed by atoms with E-state index in [1.807, 2.05) is 0 Å². The molecule has 0 amide bonds. The molecule has 1 heterocycles. The van der Waals surface area contributed by atoms with Crippen molar-refractivity contribution in [2.24, 2.45) is 0 Å². The molecular formula is C13H26N2O. The maximum atomic E-state index is 5.21. The Morgan fingerprint density at radius 1 is 1.31 bits per heavy atom. The number of ether oxygens (including phenoxy) is 1. The van der Waals surface area contributed by atoms with Gasteiger partial charge in [0.1, 0.15) is 0 Å². The molecule has 1 saturated heterocycles. The molecule has 1 aliphatic heterocycles. The smallest absolute Gasteiger partial charge is 0.0589 e. The summed E-state index contributed by atoms with van der Waals surface area (Å²) >= 11 is 0. The Balaban J connectivity index is 1.92. The Morgan fingerprint density at radius 3 is 2.75 bits per heavy atom. The summed E-state index contributed by atoms with van der Waals surface area (Å²) in [6.45, 7) is 6.63. The van der Waals surface area contributed by atoms with Gasteiger partial charge in [0.05, 0.1) is 6.61 Å². The molecule has 1 N–H and O–H groups in total. The summed E-state index contributed by atoms with van der Waals surface area (Å²) < 4.78 is 5.21. The largest absolute Gasteiger partial charge is 0.383 e. The highest BCUT2D eigenvalue weighted by Crippen LogP contribution is 2.31. The van der Waals surface area contributed by atoms with Crippen molar-refractivity contribution in [3.8, 4) is 0 Å². The van der Waals surface area contributed by atoms with Gasteiger partial charge in [-0.05, 0) is 19.8 Å². The SMILES string of the molecule is COCCN1CC2(CCCCC2)NCC1C. The quantitative estimate of drug-likeness (QED) is 0.791. The van der Waals surface area contributed by atoms with Crippen LogP contribution in [0.5, 0.6) is 0 Å². The molecule has 2 fully saturated rings. The second-order valence-electron chi connectivity index (χ2n) is 5.53. The van der Waals surface area contributed by atoms with E-state index in [2.05, 4.69) is 17.1 Å². The number of hydrogen-bond acceptors (Lipinski definition) is 3. The molecular weight excluding hydrogens is 200 g/mol. The van der Waals surface area contributed by atoms with E-state index in [0.717, 1.165) is 19.7 Å². The van der Waals surface area contributed by atoms with Crippen molar-refractivity contribution < 1.29 is 4.74 Å². The minimum atomic E-state index is 0.429. The van der Waals surface area contributed by atoms with E-state index < -0.39 is 0 Å². The second kappa shape index (κ2) is 5.48. The van der Waals surface area contributed by atoms with Crippen molar-refractivity contribution in [3.63, 3.8) is 0 Å². The lowest BCUT2D eigenvalue weighted by Gasteiger charge is -2.49. The lowest BCUT2D eigenvalue weighted by molar-refractivity contribution is 0.0428. The Bertz CT molecular complexity index is 214. The summed E-state index contributed by atoms with van der Waals surface area (Å²) in [5.41, 5.74) is 0.429. The standard InChI is InChI=1S/C13H26N2O/c1-12-10-14-13(6-4-3-5-7-13)11-15(12)8-9-16-2/h12,14H,3-11H2,1-2H3. The van der Waals surface area contributed by atoms with Gasteiger partial charge in [0.2, 0.25) is 0 Å². The van der Waals surface area contributed by atoms with E-state index in [1.165, 1.54) is 38.6 Å². The Kier molecular flexibility index (Phi) is 4.22. The molecule has 0 aromatic carbocycles. The van der Waals surface area contributed by atoms with Crippen molar-refractivity contribution in [1.82, 2.24) is 10.2 Å². The first-order chi connectivity index (χ1) is 7.76. The van der Waals surface area contributed by atoms with Gasteiger partial charge < -0.3 is 10.1 Å². The molecule has 94 valence electrons. The van der Waals surface area contributed by atoms with Crippen LogP contribution in [0, 0.1) is 0 Å². The van der Waals surface area contributed by atoms with Gasteiger partial charge in [-0.15, -0.1) is 0 Å². The van der Waals surface area contributed by atoms with Crippen LogP contribution in [-0.2, 0) is 4.74 Å². The van der Waals surface area contributed by atoms with Gasteiger partial charge in [-0.1, -0.05) is 19.3 Å². The number of rotatable bonds is 3. The van der Waals surface area contributed by atoms with Crippen molar-refractivity contribution in [3.05, 3.63) is 0 Å². The Hall–Kier alpha value is -0.120. The topological polar surface area (TPSA) is 24.5 Å². The van der Waals surface area contributed by atoms with Gasteiger partial charge in [-0.2, -0.15) is 0 Å². The fraction of sp³-hybridized carbons (Fsp3) is 1.00. The molecule has 0 aromatic rings. The van der Waals surface area contributed by atoms with E-state index in [0.29, 0.717) is 11.6 Å². The Labute approximate surface area is 99.5 Å². The van der Waals surface area contributed by atoms with Crippen LogP contribution in [0.15, 0.2) is 0 Å². The zero-order valence-electron chi connectivity index (χ0n) is 10.8. The van der Waals surface area contributed by atoms with E-state index in [4.69, 9.17) is 4.74 Å². The summed E-state index contributed by atoms with van der Waals surface area (Å²) in [7, 11) is 1.79. The third-order valence-corrected chi connectivity index (χ3v) is 4.29. The van der Waals surface area contributed by atoms with Gasteiger partial charge in [-0.3, -0.25) is 4.90 Å². The van der Waals surface area contributed by atoms with Crippen LogP contribution in [0.1, 0.15) is 39.0 Å². The number of nitrogens with zero attached hydrogens (tertiary/aromatic N) is 1. The summed E-state index contributed by atoms with van der Waals surface area (Å²) in [5, 5.41) is 3.81. The third-order valence-electron chi connectivity index (χ3n) is 4.29. The van der Waals surface area contributed by atoms with E-state index in [-0.39, 0.29) is 0 Å². The molecule has 3 nitrogen and oxygen atoms in total. The molecule has 1 saturated carbocycles. The van der Waals surface area contributed by atoms with Crippen LogP contribution < -0.4 is 5.32 Å². The Morgan fingerprint density at radius 2 is 2.06 bits per heavy atom. The minimum absolute atomic E-state index is 0.429. The highest BCUT2D eigenvalue weighted by Gasteiger charge is 2.38. The zero-order valence-corrected chi connectivity index (χ0v) is 10.8. The highest BCUT2D eigenvalue weighted by molar-refractivity contribution is 4.98. The second-order valence-corrected chi connectivity index (χ2v) is 5.53. The minimum Gasteiger partial charge on any atom is -0.383 e. The molecule has 16 heavy (non-hydrogen) atoms. The average molecular weight is 226 g/mol. The van der Waals surface area contributed by atoms with Crippen molar-refractivity contribution >= 4 is 0 Å². The summed E-state index contributed by atoms with van der Waals surface area (Å²) in [6.07, 6.45) is 6.96. The highest BCUT2D eigenvalue weighted by atomic mass is 16.5. The molecule has 0 bridgehead atoms. The molecule has 3 heteroatoms. The van der Waals surface area contributed by atoms with Crippen LogP contribution in [0.4, 0.5) is 0 Å². The number of nitrogens with one attached hydrogen (secondary N) is 1. The molecule has 2 rings (SSSR count). The van der Waals surface area contributed by atoms with Crippen molar-refractivity contribution in [1.29, 1.82) is 0 Å². The van der Waals surface area contributed by atoms with Gasteiger partial charge in [0, 0.05) is 38.3 Å². The molecule has 0 radical (unpaired) electrons. The molecule has 1 unspecified atom stereocenters. The van der Waals surface area contributed by atoms with Gasteiger partial charge in [0.25, 0.3) is 0 Å². The zero-order chi connectivity index (χ0) is 11.4.